The Balaban J connectivity index is 1.70. The second kappa shape index (κ2) is 8.67. The molecule has 3 aromatic rings. The third-order valence-electron chi connectivity index (χ3n) is 3.98. The molecule has 0 atom stereocenters. The topological polar surface area (TPSA) is 53.4 Å². The highest BCUT2D eigenvalue weighted by Gasteiger charge is 2.06. The summed E-state index contributed by atoms with van der Waals surface area (Å²) in [6, 6.07) is 15.1. The number of nitrogens with zero attached hydrogens (tertiary/aromatic N) is 2. The minimum atomic E-state index is -0.126. The van der Waals surface area contributed by atoms with E-state index in [4.69, 9.17) is 9.47 Å². The van der Waals surface area contributed by atoms with Gasteiger partial charge in [0.2, 0.25) is 0 Å². The summed E-state index contributed by atoms with van der Waals surface area (Å²) in [5.41, 5.74) is 2.63. The van der Waals surface area contributed by atoms with Gasteiger partial charge in [-0.15, -0.1) is 0 Å². The van der Waals surface area contributed by atoms with E-state index < -0.39 is 0 Å². The summed E-state index contributed by atoms with van der Waals surface area (Å²) in [4.78, 5) is 12.2. The largest absolute Gasteiger partial charge is 0.496 e. The second-order valence-corrected chi connectivity index (χ2v) is 5.69. The predicted molar refractivity (Wildman–Crippen MR) is 106 cm³/mol. The maximum absolute atomic E-state index is 12.2. The van der Waals surface area contributed by atoms with Gasteiger partial charge in [-0.1, -0.05) is 24.3 Å². The van der Waals surface area contributed by atoms with E-state index in [0.717, 1.165) is 16.8 Å². The summed E-state index contributed by atoms with van der Waals surface area (Å²) in [6.45, 7) is 0. The van der Waals surface area contributed by atoms with E-state index >= 15 is 0 Å². The molecular weight excluding hydrogens is 340 g/mol. The second-order valence-electron chi connectivity index (χ2n) is 5.69. The molecule has 5 nitrogen and oxygen atoms in total. The lowest BCUT2D eigenvalue weighted by Gasteiger charge is -2.09. The number of hydrogen-bond donors (Lipinski definition) is 0. The fourth-order valence-electron chi connectivity index (χ4n) is 2.60. The summed E-state index contributed by atoms with van der Waals surface area (Å²) >= 11 is 0. The van der Waals surface area contributed by atoms with Crippen molar-refractivity contribution in [2.24, 2.45) is 0 Å². The summed E-state index contributed by atoms with van der Waals surface area (Å²) in [5.74, 6) is 1.17. The number of carbonyl (C=O) groups is 1. The van der Waals surface area contributed by atoms with E-state index in [-0.39, 0.29) is 5.78 Å². The number of aromatic nitrogens is 2. The standard InChI is InChI=1S/C22H20N2O3/c1-26-21-5-3-6-22(27-2)20(21)14-13-19(25)12-9-17-7-10-18(11-8-17)24-16-4-15-23-24/h3-16H,1-2H3/b12-9+,14-13+. The van der Waals surface area contributed by atoms with Crippen LogP contribution in [0.4, 0.5) is 0 Å². The van der Waals surface area contributed by atoms with Crippen LogP contribution in [0, 0.1) is 0 Å². The summed E-state index contributed by atoms with van der Waals surface area (Å²) < 4.78 is 12.4. The molecule has 0 saturated heterocycles. The van der Waals surface area contributed by atoms with Crippen molar-refractivity contribution in [2.45, 2.75) is 0 Å². The lowest BCUT2D eigenvalue weighted by Crippen LogP contribution is -1.93. The predicted octanol–water partition coefficient (Wildman–Crippen LogP) is 4.19. The molecule has 1 heterocycles. The number of ketones is 1. The van der Waals surface area contributed by atoms with Crippen LogP contribution < -0.4 is 9.47 Å². The van der Waals surface area contributed by atoms with Gasteiger partial charge in [0.1, 0.15) is 11.5 Å². The fourth-order valence-corrected chi connectivity index (χ4v) is 2.60. The zero-order valence-corrected chi connectivity index (χ0v) is 15.2. The molecule has 0 amide bonds. The Morgan fingerprint density at radius 3 is 2.19 bits per heavy atom. The molecule has 0 saturated carbocycles. The van der Waals surface area contributed by atoms with Gasteiger partial charge in [0.05, 0.1) is 25.5 Å². The smallest absolute Gasteiger partial charge is 0.178 e. The Labute approximate surface area is 158 Å². The Bertz CT molecular complexity index is 933. The normalized spacial score (nSPS) is 11.2. The van der Waals surface area contributed by atoms with Crippen LogP contribution in [0.15, 0.2) is 73.1 Å². The first-order valence-corrected chi connectivity index (χ1v) is 8.42. The van der Waals surface area contributed by atoms with Gasteiger partial charge in [-0.3, -0.25) is 4.79 Å². The molecule has 27 heavy (non-hydrogen) atoms. The molecule has 0 fully saturated rings. The first kappa shape index (κ1) is 18.2. The third kappa shape index (κ3) is 4.52. The lowest BCUT2D eigenvalue weighted by atomic mass is 10.1. The van der Waals surface area contributed by atoms with Crippen LogP contribution in [0.3, 0.4) is 0 Å². The van der Waals surface area contributed by atoms with Crippen LogP contribution in [-0.4, -0.2) is 29.8 Å². The SMILES string of the molecule is COc1cccc(OC)c1/C=C/C(=O)/C=C/c1ccc(-n2cccn2)cc1. The molecule has 0 spiro atoms. The zero-order valence-electron chi connectivity index (χ0n) is 15.2. The van der Waals surface area contributed by atoms with Crippen LogP contribution >= 0.6 is 0 Å². The number of rotatable bonds is 7. The maximum atomic E-state index is 12.2. The Kier molecular flexibility index (Phi) is 5.84. The van der Waals surface area contributed by atoms with Gasteiger partial charge >= 0.3 is 0 Å². The van der Waals surface area contributed by atoms with Crippen LogP contribution in [0.5, 0.6) is 11.5 Å². The van der Waals surface area contributed by atoms with Gasteiger partial charge < -0.3 is 9.47 Å². The summed E-state index contributed by atoms with van der Waals surface area (Å²) in [5, 5.41) is 4.19. The van der Waals surface area contributed by atoms with Gasteiger partial charge in [-0.25, -0.2) is 4.68 Å². The van der Waals surface area contributed by atoms with Crippen LogP contribution in [-0.2, 0) is 4.79 Å². The van der Waals surface area contributed by atoms with E-state index in [1.165, 1.54) is 12.2 Å². The third-order valence-corrected chi connectivity index (χ3v) is 3.98. The number of allylic oxidation sites excluding steroid dienone is 2. The maximum Gasteiger partial charge on any atom is 0.178 e. The number of methoxy groups -OCH3 is 2. The molecule has 2 aromatic carbocycles. The highest BCUT2D eigenvalue weighted by Crippen LogP contribution is 2.29. The van der Waals surface area contributed by atoms with E-state index in [0.29, 0.717) is 11.5 Å². The van der Waals surface area contributed by atoms with E-state index in [1.54, 1.807) is 37.3 Å². The van der Waals surface area contributed by atoms with Crippen molar-refractivity contribution in [3.63, 3.8) is 0 Å². The van der Waals surface area contributed by atoms with E-state index in [2.05, 4.69) is 5.10 Å². The Morgan fingerprint density at radius 1 is 0.926 bits per heavy atom. The lowest BCUT2D eigenvalue weighted by molar-refractivity contribution is -0.110. The fraction of sp³-hybridized carbons (Fsp3) is 0.0909. The zero-order chi connectivity index (χ0) is 19.1. The van der Waals surface area contributed by atoms with Crippen molar-refractivity contribution in [1.82, 2.24) is 9.78 Å². The van der Waals surface area contributed by atoms with Gasteiger partial charge in [0, 0.05) is 12.4 Å². The number of hydrogen-bond acceptors (Lipinski definition) is 4. The van der Waals surface area contributed by atoms with Crippen LogP contribution in [0.2, 0.25) is 0 Å². The minimum absolute atomic E-state index is 0.126. The average molecular weight is 360 g/mol. The van der Waals surface area contributed by atoms with Gasteiger partial charge in [0.25, 0.3) is 0 Å². The number of benzene rings is 2. The van der Waals surface area contributed by atoms with Crippen molar-refractivity contribution in [3.8, 4) is 17.2 Å². The Hall–Kier alpha value is -3.60. The molecule has 1 aromatic heterocycles. The van der Waals surface area contributed by atoms with E-state index in [9.17, 15) is 4.79 Å². The molecule has 0 N–H and O–H groups in total. The van der Waals surface area contributed by atoms with Gasteiger partial charge in [-0.05, 0) is 54.1 Å². The molecule has 0 aliphatic carbocycles. The molecule has 3 rings (SSSR count). The highest BCUT2D eigenvalue weighted by molar-refractivity contribution is 6.04. The monoisotopic (exact) mass is 360 g/mol. The van der Waals surface area contributed by atoms with Gasteiger partial charge in [0.15, 0.2) is 5.78 Å². The van der Waals surface area contributed by atoms with Crippen molar-refractivity contribution >= 4 is 17.9 Å². The molecule has 0 bridgehead atoms. The number of ether oxygens (including phenoxy) is 2. The highest BCUT2D eigenvalue weighted by atomic mass is 16.5. The summed E-state index contributed by atoms with van der Waals surface area (Å²) in [6.07, 6.45) is 10.1. The van der Waals surface area contributed by atoms with Gasteiger partial charge in [-0.2, -0.15) is 5.10 Å². The van der Waals surface area contributed by atoms with E-state index in [1.807, 2.05) is 54.7 Å². The first-order valence-electron chi connectivity index (χ1n) is 8.42. The Morgan fingerprint density at radius 2 is 1.59 bits per heavy atom. The van der Waals surface area contributed by atoms with Crippen molar-refractivity contribution < 1.29 is 14.3 Å². The van der Waals surface area contributed by atoms with Crippen molar-refractivity contribution in [2.75, 3.05) is 14.2 Å². The molecule has 5 heteroatoms. The quantitative estimate of drug-likeness (QED) is 0.593. The molecule has 136 valence electrons. The average Bonchev–Trinajstić information content (AvgIpc) is 3.25. The molecule has 0 radical (unpaired) electrons. The first-order chi connectivity index (χ1) is 13.2. The number of carbonyl (C=O) groups excluding carboxylic acids is 1. The minimum Gasteiger partial charge on any atom is -0.496 e. The summed E-state index contributed by atoms with van der Waals surface area (Å²) in [7, 11) is 3.17. The van der Waals surface area contributed by atoms with Crippen molar-refractivity contribution in [3.05, 3.63) is 84.2 Å². The van der Waals surface area contributed by atoms with Crippen LogP contribution in [0.25, 0.3) is 17.8 Å². The van der Waals surface area contributed by atoms with Crippen LogP contribution in [0.1, 0.15) is 11.1 Å². The molecule has 0 unspecified atom stereocenters. The van der Waals surface area contributed by atoms with Crippen molar-refractivity contribution in [1.29, 1.82) is 0 Å². The molecular formula is C22H20N2O3. The molecule has 0 aliphatic rings. The molecule has 0 aliphatic heterocycles.